The van der Waals surface area contributed by atoms with Crippen molar-refractivity contribution in [3.63, 3.8) is 0 Å². The fourth-order valence-corrected chi connectivity index (χ4v) is 4.38. The minimum Gasteiger partial charge on any atom is -0.384 e. The fraction of sp³-hybridized carbons (Fsp3) is 0.625. The highest BCUT2D eigenvalue weighted by atomic mass is 35.5. The molecule has 0 aliphatic heterocycles. The van der Waals surface area contributed by atoms with Gasteiger partial charge in [-0.15, -0.1) is 0 Å². The van der Waals surface area contributed by atoms with Crippen LogP contribution in [0.4, 0.5) is 5.69 Å². The van der Waals surface area contributed by atoms with Gasteiger partial charge in [0.1, 0.15) is 0 Å². The number of hydrogen-bond acceptors (Lipinski definition) is 4. The number of aryl methyl sites for hydroxylation is 1. The van der Waals surface area contributed by atoms with Crippen molar-refractivity contribution < 1.29 is 19.2 Å². The van der Waals surface area contributed by atoms with Crippen molar-refractivity contribution in [3.05, 3.63) is 34.5 Å². The minimum absolute atomic E-state index is 0.768. The Kier molecular flexibility index (Phi) is 12.1. The summed E-state index contributed by atoms with van der Waals surface area (Å²) >= 11 is 6.23. The summed E-state index contributed by atoms with van der Waals surface area (Å²) < 4.78 is 8.88. The van der Waals surface area contributed by atoms with Crippen molar-refractivity contribution in [1.82, 2.24) is 9.88 Å². The van der Waals surface area contributed by atoms with E-state index in [1.54, 1.807) is 0 Å². The number of phosphoric acid groups is 1. The topological polar surface area (TPSA) is 106 Å². The third-order valence-corrected chi connectivity index (χ3v) is 6.07. The molecule has 1 heterocycles. The van der Waals surface area contributed by atoms with Gasteiger partial charge in [0.05, 0.1) is 5.52 Å². The van der Waals surface area contributed by atoms with E-state index in [9.17, 15) is 0 Å². The van der Waals surface area contributed by atoms with Crippen molar-refractivity contribution in [2.75, 3.05) is 31.5 Å². The predicted molar refractivity (Wildman–Crippen MR) is 137 cm³/mol. The Morgan fingerprint density at radius 2 is 1.64 bits per heavy atom. The lowest BCUT2D eigenvalue weighted by Gasteiger charge is -2.24. The fourth-order valence-electron chi connectivity index (χ4n) is 4.22. The molecule has 0 bridgehead atoms. The maximum Gasteiger partial charge on any atom is 0.466 e. The van der Waals surface area contributed by atoms with E-state index in [1.807, 2.05) is 12.1 Å². The van der Waals surface area contributed by atoms with Crippen molar-refractivity contribution in [2.24, 2.45) is 0 Å². The van der Waals surface area contributed by atoms with E-state index in [-0.39, 0.29) is 0 Å². The van der Waals surface area contributed by atoms with E-state index in [0.717, 1.165) is 29.9 Å². The quantitative estimate of drug-likeness (QED) is 0.237. The molecule has 0 saturated heterocycles. The maximum absolute atomic E-state index is 8.88. The zero-order chi connectivity index (χ0) is 24.3. The van der Waals surface area contributed by atoms with E-state index >= 15 is 0 Å². The van der Waals surface area contributed by atoms with Gasteiger partial charge in [0.15, 0.2) is 0 Å². The van der Waals surface area contributed by atoms with E-state index in [1.165, 1.54) is 86.9 Å². The molecule has 33 heavy (non-hydrogen) atoms. The van der Waals surface area contributed by atoms with Gasteiger partial charge >= 0.3 is 7.82 Å². The summed E-state index contributed by atoms with van der Waals surface area (Å²) in [5.41, 5.74) is 5.05. The monoisotopic (exact) mass is 499 g/mol. The molecule has 0 saturated carbocycles. The van der Waals surface area contributed by atoms with Crippen molar-refractivity contribution in [1.29, 1.82) is 0 Å². The number of pyridine rings is 1. The van der Waals surface area contributed by atoms with E-state index in [0.29, 0.717) is 0 Å². The highest BCUT2D eigenvalue weighted by molar-refractivity contribution is 7.45. The molecule has 1 aromatic heterocycles. The number of rotatable bonds is 11. The third kappa shape index (κ3) is 10.3. The summed E-state index contributed by atoms with van der Waals surface area (Å²) in [7, 11) is -4.64. The number of hydrogen-bond donors (Lipinski definition) is 4. The molecule has 4 N–H and O–H groups in total. The summed E-state index contributed by atoms with van der Waals surface area (Å²) in [6, 6.07) is 6.13. The van der Waals surface area contributed by atoms with E-state index < -0.39 is 7.82 Å². The van der Waals surface area contributed by atoms with Gasteiger partial charge < -0.3 is 24.9 Å². The highest BCUT2D eigenvalue weighted by Crippen LogP contribution is 2.34. The number of halogens is 1. The average Bonchev–Trinajstić information content (AvgIpc) is 2.75. The van der Waals surface area contributed by atoms with Gasteiger partial charge in [-0.2, -0.15) is 0 Å². The number of nitrogens with one attached hydrogen (secondary N) is 1. The lowest BCUT2D eigenvalue weighted by Crippen LogP contribution is -2.28. The Morgan fingerprint density at radius 1 is 1.03 bits per heavy atom. The van der Waals surface area contributed by atoms with Crippen LogP contribution in [0.1, 0.15) is 70.1 Å². The molecule has 0 amide bonds. The first kappa shape index (κ1) is 28.0. The van der Waals surface area contributed by atoms with Crippen molar-refractivity contribution >= 4 is 36.0 Å². The molecule has 0 unspecified atom stereocenters. The van der Waals surface area contributed by atoms with Crippen LogP contribution in [0, 0.1) is 0 Å². The van der Waals surface area contributed by atoms with Crippen LogP contribution in [0.3, 0.4) is 0 Å². The van der Waals surface area contributed by atoms with Gasteiger partial charge in [0.2, 0.25) is 0 Å². The smallest absolute Gasteiger partial charge is 0.384 e. The maximum atomic E-state index is 8.88. The number of unbranched alkanes of at least 4 members (excludes halogenated alkanes) is 2. The van der Waals surface area contributed by atoms with E-state index in [4.69, 9.17) is 35.8 Å². The molecule has 9 heteroatoms. The molecule has 0 spiro atoms. The summed E-state index contributed by atoms with van der Waals surface area (Å²) in [5.74, 6) is 0. The largest absolute Gasteiger partial charge is 0.466 e. The van der Waals surface area contributed by atoms with Crippen molar-refractivity contribution in [3.8, 4) is 0 Å². The summed E-state index contributed by atoms with van der Waals surface area (Å²) in [5, 5.41) is 5.78. The molecule has 0 atom stereocenters. The standard InChI is InChI=1S/C24H36ClN3.H3O4P/c1-3-5-15-28(16-6-4-2)17-9-14-26-24-20-10-7-8-11-22(20)27-23-18-19(25)12-13-21(23)24;1-5(2,3)4/h12-13,18H,3-11,14-17H2,1-2H3,(H,26,27);(H3,1,2,3,4). The molecule has 0 fully saturated rings. The Hall–Kier alpha value is -1.21. The van der Waals surface area contributed by atoms with Crippen LogP contribution in [0.2, 0.25) is 5.02 Å². The summed E-state index contributed by atoms with van der Waals surface area (Å²) in [6.45, 7) is 9.24. The molecular formula is C24H39ClN3O4P. The number of fused-ring (bicyclic) bond motifs is 2. The molecule has 0 radical (unpaired) electrons. The van der Waals surface area contributed by atoms with E-state index in [2.05, 4.69) is 30.1 Å². The first-order chi connectivity index (χ1) is 15.7. The normalized spacial score (nSPS) is 13.5. The van der Waals surface area contributed by atoms with Gasteiger partial charge in [0, 0.05) is 28.3 Å². The number of anilines is 1. The molecule has 7 nitrogen and oxygen atoms in total. The molecule has 1 aliphatic carbocycles. The summed E-state index contributed by atoms with van der Waals surface area (Å²) in [6.07, 6.45) is 11.1. The second kappa shape index (κ2) is 14.2. The Morgan fingerprint density at radius 3 is 2.27 bits per heavy atom. The second-order valence-electron chi connectivity index (χ2n) is 8.62. The van der Waals surface area contributed by atoms with Gasteiger partial charge in [0.25, 0.3) is 0 Å². The van der Waals surface area contributed by atoms with Crippen LogP contribution in [-0.2, 0) is 17.4 Å². The molecular weight excluding hydrogens is 461 g/mol. The highest BCUT2D eigenvalue weighted by Gasteiger charge is 2.18. The van der Waals surface area contributed by atoms with Gasteiger partial charge in [-0.3, -0.25) is 4.98 Å². The molecule has 3 rings (SSSR count). The average molecular weight is 500 g/mol. The first-order valence-corrected chi connectivity index (χ1v) is 14.0. The van der Waals surface area contributed by atoms with Gasteiger partial charge in [-0.1, -0.05) is 38.3 Å². The van der Waals surface area contributed by atoms with Crippen LogP contribution in [-0.4, -0.2) is 50.7 Å². The zero-order valence-corrected chi connectivity index (χ0v) is 21.5. The first-order valence-electron chi connectivity index (χ1n) is 12.1. The lowest BCUT2D eigenvalue weighted by atomic mass is 9.92. The predicted octanol–water partition coefficient (Wildman–Crippen LogP) is 5.54. The molecule has 1 aromatic carbocycles. The molecule has 1 aliphatic rings. The number of benzene rings is 1. The van der Waals surface area contributed by atoms with Crippen molar-refractivity contribution in [2.45, 2.75) is 71.6 Å². The summed E-state index contributed by atoms with van der Waals surface area (Å²) in [4.78, 5) is 29.1. The zero-order valence-electron chi connectivity index (χ0n) is 19.9. The van der Waals surface area contributed by atoms with Gasteiger partial charge in [-0.05, 0) is 88.3 Å². The van der Waals surface area contributed by atoms with Crippen LogP contribution >= 0.6 is 19.4 Å². The SMILES string of the molecule is CCCCN(CCCC)CCCNc1c2c(nc3cc(Cl)ccc13)CCCC2.O=P(O)(O)O. The second-order valence-corrected chi connectivity index (χ2v) is 10.1. The Bertz CT molecular complexity index is 906. The minimum atomic E-state index is -4.64. The number of aromatic nitrogens is 1. The van der Waals surface area contributed by atoms with Gasteiger partial charge in [-0.25, -0.2) is 4.57 Å². The van der Waals surface area contributed by atoms with Crippen LogP contribution in [0.25, 0.3) is 10.9 Å². The van der Waals surface area contributed by atoms with Crippen LogP contribution in [0.5, 0.6) is 0 Å². The Balaban J connectivity index is 0.000000696. The number of nitrogens with zero attached hydrogens (tertiary/aromatic N) is 2. The lowest BCUT2D eigenvalue weighted by molar-refractivity contribution is 0.264. The van der Waals surface area contributed by atoms with Crippen LogP contribution in [0.15, 0.2) is 18.2 Å². The molecule has 186 valence electrons. The molecule has 2 aromatic rings. The Labute approximate surface area is 202 Å². The van der Waals surface area contributed by atoms with Crippen LogP contribution < -0.4 is 5.32 Å². The third-order valence-electron chi connectivity index (χ3n) is 5.83.